The monoisotopic (exact) mass is 285 g/mol. The Morgan fingerprint density at radius 1 is 1.05 bits per heavy atom. The van der Waals surface area contributed by atoms with E-state index in [1.54, 1.807) is 18.7 Å². The number of hydrogen-bond acceptors (Lipinski definition) is 5. The third-order valence-electron chi connectivity index (χ3n) is 3.21. The minimum Gasteiger partial charge on any atom is -0.370 e. The van der Waals surface area contributed by atoms with Crippen LogP contribution in [0.3, 0.4) is 0 Å². The highest BCUT2D eigenvalue weighted by atomic mass is 15.1. The van der Waals surface area contributed by atoms with Crippen LogP contribution in [0.4, 0.5) is 11.6 Å². The van der Waals surface area contributed by atoms with Crippen LogP contribution >= 0.6 is 0 Å². The third kappa shape index (κ3) is 4.15. The van der Waals surface area contributed by atoms with Crippen molar-refractivity contribution in [3.05, 3.63) is 42.0 Å². The molecule has 5 nitrogen and oxygen atoms in total. The lowest BCUT2D eigenvalue weighted by atomic mass is 10.0. The van der Waals surface area contributed by atoms with Gasteiger partial charge in [-0.25, -0.2) is 9.97 Å². The molecule has 0 aromatic carbocycles. The second-order valence-electron chi connectivity index (χ2n) is 5.28. The lowest BCUT2D eigenvalue weighted by Crippen LogP contribution is -2.11. The minimum atomic E-state index is 0.352. The van der Waals surface area contributed by atoms with Crippen LogP contribution in [0.5, 0.6) is 0 Å². The Morgan fingerprint density at radius 2 is 1.71 bits per heavy atom. The van der Waals surface area contributed by atoms with Gasteiger partial charge >= 0.3 is 0 Å². The van der Waals surface area contributed by atoms with Crippen LogP contribution in [-0.2, 0) is 6.54 Å². The van der Waals surface area contributed by atoms with Gasteiger partial charge in [0.05, 0.1) is 0 Å². The molecular formula is C16H23N5. The van der Waals surface area contributed by atoms with E-state index in [-0.39, 0.29) is 0 Å². The first-order chi connectivity index (χ1) is 10.2. The maximum absolute atomic E-state index is 4.41. The van der Waals surface area contributed by atoms with E-state index in [1.165, 1.54) is 5.56 Å². The number of nitrogens with one attached hydrogen (secondary N) is 2. The predicted molar refractivity (Wildman–Crippen MR) is 86.5 cm³/mol. The second kappa shape index (κ2) is 7.57. The molecule has 2 rings (SSSR count). The molecule has 0 aliphatic rings. The summed E-state index contributed by atoms with van der Waals surface area (Å²) in [5.41, 5.74) is 2.32. The molecule has 2 aromatic heterocycles. The number of aromatic nitrogens is 3. The van der Waals surface area contributed by atoms with Crippen LogP contribution in [-0.4, -0.2) is 21.5 Å². The summed E-state index contributed by atoms with van der Waals surface area (Å²) in [5.74, 6) is 2.18. The van der Waals surface area contributed by atoms with Crippen LogP contribution in [0, 0.1) is 0 Å². The Kier molecular flexibility index (Phi) is 5.49. The summed E-state index contributed by atoms with van der Waals surface area (Å²) in [6.45, 7) is 8.11. The van der Waals surface area contributed by atoms with Gasteiger partial charge in [-0.2, -0.15) is 0 Å². The molecular weight excluding hydrogens is 262 g/mol. The molecule has 21 heavy (non-hydrogen) atoms. The van der Waals surface area contributed by atoms with Gasteiger partial charge in [0.2, 0.25) is 0 Å². The van der Waals surface area contributed by atoms with Gasteiger partial charge in [-0.3, -0.25) is 4.98 Å². The average Bonchev–Trinajstić information content (AvgIpc) is 2.51. The maximum atomic E-state index is 4.41. The Morgan fingerprint density at radius 3 is 2.33 bits per heavy atom. The summed E-state index contributed by atoms with van der Waals surface area (Å²) in [5, 5.41) is 6.79. The number of hydrogen-bond donors (Lipinski definition) is 2. The first-order valence-corrected chi connectivity index (χ1v) is 7.44. The molecule has 0 radical (unpaired) electrons. The SMILES string of the molecule is CCCNc1ncnc(NCc2ccncc2)c1C(C)C. The molecule has 0 saturated carbocycles. The maximum Gasteiger partial charge on any atom is 0.135 e. The lowest BCUT2D eigenvalue weighted by Gasteiger charge is -2.17. The number of pyridine rings is 1. The molecule has 0 amide bonds. The first-order valence-electron chi connectivity index (χ1n) is 7.44. The lowest BCUT2D eigenvalue weighted by molar-refractivity contribution is 0.839. The number of rotatable bonds is 7. The van der Waals surface area contributed by atoms with E-state index in [1.807, 2.05) is 12.1 Å². The number of anilines is 2. The van der Waals surface area contributed by atoms with Gasteiger partial charge in [0.15, 0.2) is 0 Å². The molecule has 2 aromatic rings. The largest absolute Gasteiger partial charge is 0.370 e. The van der Waals surface area contributed by atoms with Crippen LogP contribution < -0.4 is 10.6 Å². The predicted octanol–water partition coefficient (Wildman–Crippen LogP) is 3.43. The van der Waals surface area contributed by atoms with Crippen molar-refractivity contribution in [2.24, 2.45) is 0 Å². The Labute approximate surface area is 126 Å². The van der Waals surface area contributed by atoms with E-state index >= 15 is 0 Å². The summed E-state index contributed by atoms with van der Waals surface area (Å²) in [4.78, 5) is 12.8. The summed E-state index contributed by atoms with van der Waals surface area (Å²) >= 11 is 0. The molecule has 0 spiro atoms. The van der Waals surface area contributed by atoms with E-state index in [9.17, 15) is 0 Å². The average molecular weight is 285 g/mol. The molecule has 2 N–H and O–H groups in total. The van der Waals surface area contributed by atoms with Crippen LogP contribution in [0.2, 0.25) is 0 Å². The van der Waals surface area contributed by atoms with Crippen molar-refractivity contribution in [1.29, 1.82) is 0 Å². The molecule has 0 bridgehead atoms. The molecule has 2 heterocycles. The summed E-state index contributed by atoms with van der Waals surface area (Å²) in [7, 11) is 0. The van der Waals surface area contributed by atoms with Crippen LogP contribution in [0.25, 0.3) is 0 Å². The first kappa shape index (κ1) is 15.2. The highest BCUT2D eigenvalue weighted by molar-refractivity contribution is 5.59. The smallest absolute Gasteiger partial charge is 0.135 e. The van der Waals surface area contributed by atoms with Crippen molar-refractivity contribution < 1.29 is 0 Å². The molecule has 112 valence electrons. The van der Waals surface area contributed by atoms with E-state index < -0.39 is 0 Å². The molecule has 0 atom stereocenters. The second-order valence-corrected chi connectivity index (χ2v) is 5.28. The molecule has 0 saturated heterocycles. The van der Waals surface area contributed by atoms with E-state index in [2.05, 4.69) is 46.4 Å². The van der Waals surface area contributed by atoms with Gasteiger partial charge < -0.3 is 10.6 Å². The zero-order chi connectivity index (χ0) is 15.1. The molecule has 0 unspecified atom stereocenters. The van der Waals surface area contributed by atoms with Gasteiger partial charge in [0.25, 0.3) is 0 Å². The van der Waals surface area contributed by atoms with Gasteiger partial charge in [-0.1, -0.05) is 20.8 Å². The minimum absolute atomic E-state index is 0.352. The molecule has 0 fully saturated rings. The Balaban J connectivity index is 2.17. The zero-order valence-electron chi connectivity index (χ0n) is 12.9. The van der Waals surface area contributed by atoms with Gasteiger partial charge in [-0.15, -0.1) is 0 Å². The van der Waals surface area contributed by atoms with E-state index in [0.29, 0.717) is 5.92 Å². The fraction of sp³-hybridized carbons (Fsp3) is 0.438. The Hall–Kier alpha value is -2.17. The Bertz CT molecular complexity index is 554. The summed E-state index contributed by atoms with van der Waals surface area (Å²) in [6.07, 6.45) is 6.28. The molecule has 0 aliphatic heterocycles. The normalized spacial score (nSPS) is 10.7. The summed E-state index contributed by atoms with van der Waals surface area (Å²) in [6, 6.07) is 4.00. The van der Waals surface area contributed by atoms with Gasteiger partial charge in [-0.05, 0) is 30.0 Å². The fourth-order valence-corrected chi connectivity index (χ4v) is 2.15. The highest BCUT2D eigenvalue weighted by Crippen LogP contribution is 2.28. The third-order valence-corrected chi connectivity index (χ3v) is 3.21. The van der Waals surface area contributed by atoms with E-state index in [4.69, 9.17) is 0 Å². The van der Waals surface area contributed by atoms with Gasteiger partial charge in [0, 0.05) is 31.0 Å². The van der Waals surface area contributed by atoms with Crippen molar-refractivity contribution in [2.45, 2.75) is 39.7 Å². The van der Waals surface area contributed by atoms with Crippen LogP contribution in [0.1, 0.15) is 44.2 Å². The number of nitrogens with zero attached hydrogens (tertiary/aromatic N) is 3. The summed E-state index contributed by atoms with van der Waals surface area (Å²) < 4.78 is 0. The quantitative estimate of drug-likeness (QED) is 0.816. The van der Waals surface area contributed by atoms with Gasteiger partial charge in [0.1, 0.15) is 18.0 Å². The molecule has 5 heteroatoms. The van der Waals surface area contributed by atoms with Crippen molar-refractivity contribution >= 4 is 11.6 Å². The van der Waals surface area contributed by atoms with Crippen molar-refractivity contribution in [3.8, 4) is 0 Å². The fourth-order valence-electron chi connectivity index (χ4n) is 2.15. The highest BCUT2D eigenvalue weighted by Gasteiger charge is 2.14. The van der Waals surface area contributed by atoms with Crippen molar-refractivity contribution in [2.75, 3.05) is 17.2 Å². The standard InChI is InChI=1S/C16H23N5/c1-4-7-18-15-14(12(2)3)16(21-11-20-15)19-10-13-5-8-17-9-6-13/h5-6,8-9,11-12H,4,7,10H2,1-3H3,(H2,18,19,20,21). The van der Waals surface area contributed by atoms with E-state index in [0.717, 1.165) is 36.7 Å². The molecule has 0 aliphatic carbocycles. The topological polar surface area (TPSA) is 62.7 Å². The zero-order valence-corrected chi connectivity index (χ0v) is 12.9. The van der Waals surface area contributed by atoms with Crippen molar-refractivity contribution in [1.82, 2.24) is 15.0 Å². The van der Waals surface area contributed by atoms with Crippen LogP contribution in [0.15, 0.2) is 30.9 Å². The van der Waals surface area contributed by atoms with Crippen molar-refractivity contribution in [3.63, 3.8) is 0 Å².